The number of rotatable bonds is 9. The highest BCUT2D eigenvalue weighted by atomic mass is 32.2. The third-order valence-corrected chi connectivity index (χ3v) is 5.43. The van der Waals surface area contributed by atoms with E-state index in [0.29, 0.717) is 24.6 Å². The maximum Gasteiger partial charge on any atom is 0.241 e. The third-order valence-electron chi connectivity index (χ3n) is 4.03. The summed E-state index contributed by atoms with van der Waals surface area (Å²) in [6.45, 7) is 2.43. The van der Waals surface area contributed by atoms with Crippen LogP contribution in [0.2, 0.25) is 0 Å². The van der Waals surface area contributed by atoms with Crippen LogP contribution in [-0.4, -0.2) is 46.5 Å². The molecule has 2 rings (SSSR count). The van der Waals surface area contributed by atoms with Crippen molar-refractivity contribution in [2.75, 3.05) is 27.3 Å². The number of likely N-dealkylation sites (N-methyl/N-ethyl adjacent to an activating group) is 1. The summed E-state index contributed by atoms with van der Waals surface area (Å²) in [5, 5.41) is 0. The molecule has 0 aliphatic heterocycles. The number of carbonyl (C=O) groups excluding carboxylic acids is 1. The molecule has 2 aromatic rings. The molecule has 2 aromatic carbocycles. The van der Waals surface area contributed by atoms with Crippen LogP contribution in [0.1, 0.15) is 12.5 Å². The first-order valence-corrected chi connectivity index (χ1v) is 9.93. The zero-order chi connectivity index (χ0) is 19.9. The second-order valence-corrected chi connectivity index (χ2v) is 7.50. The lowest BCUT2D eigenvalue weighted by molar-refractivity contribution is -0.130. The van der Waals surface area contributed by atoms with Gasteiger partial charge in [-0.05, 0) is 24.6 Å². The molecule has 0 radical (unpaired) electrons. The highest BCUT2D eigenvalue weighted by molar-refractivity contribution is 7.89. The lowest BCUT2D eigenvalue weighted by Gasteiger charge is -2.21. The summed E-state index contributed by atoms with van der Waals surface area (Å²) < 4.78 is 37.6. The normalized spacial score (nSPS) is 11.1. The minimum atomic E-state index is -3.86. The molecule has 7 nitrogen and oxygen atoms in total. The van der Waals surface area contributed by atoms with Gasteiger partial charge in [0.2, 0.25) is 15.9 Å². The summed E-state index contributed by atoms with van der Waals surface area (Å²) in [5.41, 5.74) is 0.982. The highest BCUT2D eigenvalue weighted by Crippen LogP contribution is 2.29. The topological polar surface area (TPSA) is 84.9 Å². The number of nitrogens with one attached hydrogen (secondary N) is 1. The number of amides is 1. The zero-order valence-electron chi connectivity index (χ0n) is 15.6. The number of sulfonamides is 1. The zero-order valence-corrected chi connectivity index (χ0v) is 16.5. The molecule has 0 saturated heterocycles. The number of hydrogen-bond donors (Lipinski definition) is 1. The fourth-order valence-electron chi connectivity index (χ4n) is 2.52. The van der Waals surface area contributed by atoms with E-state index in [2.05, 4.69) is 4.72 Å². The smallest absolute Gasteiger partial charge is 0.241 e. The second kappa shape index (κ2) is 9.38. The Morgan fingerprint density at radius 2 is 1.70 bits per heavy atom. The molecule has 0 spiro atoms. The van der Waals surface area contributed by atoms with Gasteiger partial charge in [0.25, 0.3) is 0 Å². The minimum Gasteiger partial charge on any atom is -0.493 e. The SMILES string of the molecule is CCN(Cc1ccccc1)C(=O)CNS(=O)(=O)c1ccc(OC)c(OC)c1. The first-order valence-electron chi connectivity index (χ1n) is 8.44. The van der Waals surface area contributed by atoms with Gasteiger partial charge in [0.15, 0.2) is 11.5 Å². The van der Waals surface area contributed by atoms with Crippen molar-refractivity contribution in [3.8, 4) is 11.5 Å². The van der Waals surface area contributed by atoms with E-state index in [1.165, 1.54) is 32.4 Å². The first-order chi connectivity index (χ1) is 12.9. The molecule has 0 aliphatic rings. The predicted molar refractivity (Wildman–Crippen MR) is 102 cm³/mol. The Labute approximate surface area is 160 Å². The summed E-state index contributed by atoms with van der Waals surface area (Å²) >= 11 is 0. The second-order valence-electron chi connectivity index (χ2n) is 5.73. The lowest BCUT2D eigenvalue weighted by Crippen LogP contribution is -2.39. The van der Waals surface area contributed by atoms with Crippen LogP contribution < -0.4 is 14.2 Å². The van der Waals surface area contributed by atoms with E-state index in [0.717, 1.165) is 5.56 Å². The van der Waals surface area contributed by atoms with E-state index in [1.54, 1.807) is 4.90 Å². The molecular formula is C19H24N2O5S. The van der Waals surface area contributed by atoms with Gasteiger partial charge in [-0.15, -0.1) is 0 Å². The maximum atomic E-state index is 12.5. The van der Waals surface area contributed by atoms with Gasteiger partial charge in [-0.1, -0.05) is 30.3 Å². The number of hydrogen-bond acceptors (Lipinski definition) is 5. The fraction of sp³-hybridized carbons (Fsp3) is 0.316. The monoisotopic (exact) mass is 392 g/mol. The van der Waals surface area contributed by atoms with Crippen LogP contribution in [-0.2, 0) is 21.4 Å². The van der Waals surface area contributed by atoms with Crippen molar-refractivity contribution in [1.82, 2.24) is 9.62 Å². The molecule has 146 valence electrons. The summed E-state index contributed by atoms with van der Waals surface area (Å²) in [4.78, 5) is 14.0. The van der Waals surface area contributed by atoms with Crippen molar-refractivity contribution < 1.29 is 22.7 Å². The van der Waals surface area contributed by atoms with Crippen molar-refractivity contribution in [3.05, 3.63) is 54.1 Å². The number of ether oxygens (including phenoxy) is 2. The Hall–Kier alpha value is -2.58. The predicted octanol–water partition coefficient (Wildman–Crippen LogP) is 2.03. The molecule has 1 amide bonds. The van der Waals surface area contributed by atoms with Gasteiger partial charge < -0.3 is 14.4 Å². The summed E-state index contributed by atoms with van der Waals surface area (Å²) in [6, 6.07) is 13.8. The van der Waals surface area contributed by atoms with Crippen molar-refractivity contribution in [2.45, 2.75) is 18.4 Å². The largest absolute Gasteiger partial charge is 0.493 e. The van der Waals surface area contributed by atoms with Gasteiger partial charge in [-0.3, -0.25) is 4.79 Å². The van der Waals surface area contributed by atoms with Gasteiger partial charge in [0, 0.05) is 19.2 Å². The highest BCUT2D eigenvalue weighted by Gasteiger charge is 2.20. The molecular weight excluding hydrogens is 368 g/mol. The molecule has 27 heavy (non-hydrogen) atoms. The molecule has 0 aromatic heterocycles. The number of methoxy groups -OCH3 is 2. The number of benzene rings is 2. The number of nitrogens with zero attached hydrogens (tertiary/aromatic N) is 1. The van der Waals surface area contributed by atoms with Crippen molar-refractivity contribution in [1.29, 1.82) is 0 Å². The Morgan fingerprint density at radius 1 is 1.04 bits per heavy atom. The molecule has 0 unspecified atom stereocenters. The Kier molecular flexibility index (Phi) is 7.20. The van der Waals surface area contributed by atoms with Crippen LogP contribution >= 0.6 is 0 Å². The van der Waals surface area contributed by atoms with Crippen molar-refractivity contribution in [3.63, 3.8) is 0 Å². The van der Waals surface area contributed by atoms with Crippen molar-refractivity contribution in [2.24, 2.45) is 0 Å². The van der Waals surface area contributed by atoms with Crippen LogP contribution in [0.3, 0.4) is 0 Å². The Balaban J connectivity index is 2.06. The number of carbonyl (C=O) groups is 1. The molecule has 1 N–H and O–H groups in total. The molecule has 0 heterocycles. The quantitative estimate of drug-likeness (QED) is 0.706. The molecule has 0 atom stereocenters. The molecule has 0 fully saturated rings. The maximum absolute atomic E-state index is 12.5. The van der Waals surface area contributed by atoms with Gasteiger partial charge in [-0.25, -0.2) is 13.1 Å². The average Bonchev–Trinajstić information content (AvgIpc) is 2.70. The third kappa shape index (κ3) is 5.45. The van der Waals surface area contributed by atoms with Gasteiger partial charge in [0.1, 0.15) is 0 Å². The van der Waals surface area contributed by atoms with Crippen LogP contribution in [0, 0.1) is 0 Å². The van der Waals surface area contributed by atoms with E-state index in [-0.39, 0.29) is 17.3 Å². The van der Waals surface area contributed by atoms with Gasteiger partial charge in [0.05, 0.1) is 25.7 Å². The molecule has 0 bridgehead atoms. The molecule has 0 saturated carbocycles. The molecule has 8 heteroatoms. The average molecular weight is 392 g/mol. The van der Waals surface area contributed by atoms with E-state index in [9.17, 15) is 13.2 Å². The van der Waals surface area contributed by atoms with Crippen molar-refractivity contribution >= 4 is 15.9 Å². The van der Waals surface area contributed by atoms with Gasteiger partial charge in [-0.2, -0.15) is 0 Å². The Bertz CT molecular complexity index is 869. The fourth-order valence-corrected chi connectivity index (χ4v) is 3.51. The summed E-state index contributed by atoms with van der Waals surface area (Å²) in [6.07, 6.45) is 0. The van der Waals surface area contributed by atoms with Crippen LogP contribution in [0.25, 0.3) is 0 Å². The lowest BCUT2D eigenvalue weighted by atomic mass is 10.2. The summed E-state index contributed by atoms with van der Waals surface area (Å²) in [5.74, 6) is 0.420. The van der Waals surface area contributed by atoms with E-state index in [1.807, 2.05) is 37.3 Å². The van der Waals surface area contributed by atoms with Crippen LogP contribution in [0.5, 0.6) is 11.5 Å². The standard InChI is InChI=1S/C19H24N2O5S/c1-4-21(14-15-8-6-5-7-9-15)19(22)13-20-27(23,24)16-10-11-17(25-2)18(12-16)26-3/h5-12,20H,4,13-14H2,1-3H3. The van der Waals surface area contributed by atoms with E-state index < -0.39 is 10.0 Å². The van der Waals surface area contributed by atoms with E-state index in [4.69, 9.17) is 9.47 Å². The van der Waals surface area contributed by atoms with Crippen LogP contribution in [0.15, 0.2) is 53.4 Å². The molecule has 0 aliphatic carbocycles. The minimum absolute atomic E-state index is 0.000872. The summed E-state index contributed by atoms with van der Waals surface area (Å²) in [7, 11) is -0.969. The first kappa shape index (κ1) is 20.7. The van der Waals surface area contributed by atoms with Crippen LogP contribution in [0.4, 0.5) is 0 Å². The van der Waals surface area contributed by atoms with Gasteiger partial charge >= 0.3 is 0 Å². The Morgan fingerprint density at radius 3 is 2.30 bits per heavy atom. The van der Waals surface area contributed by atoms with E-state index >= 15 is 0 Å².